The van der Waals surface area contributed by atoms with Gasteiger partial charge in [-0.05, 0) is 38.7 Å². The van der Waals surface area contributed by atoms with Gasteiger partial charge < -0.3 is 10.1 Å². The van der Waals surface area contributed by atoms with Gasteiger partial charge in [-0.1, -0.05) is 37.5 Å². The molecule has 1 aliphatic carbocycles. The van der Waals surface area contributed by atoms with E-state index in [1.165, 1.54) is 32.1 Å². The maximum atomic E-state index is 12.5. The standard InChI is InChI=1S/C17H25F2NO/c1-12(14-8-4-3-5-9-14)20-13(2)15-10-6-7-11-16(15)21-17(18)19/h6-7,10-14,17,20H,3-5,8-9H2,1-2H3. The van der Waals surface area contributed by atoms with Gasteiger partial charge in [-0.2, -0.15) is 8.78 Å². The summed E-state index contributed by atoms with van der Waals surface area (Å²) in [6, 6.07) is 7.42. The number of benzene rings is 1. The van der Waals surface area contributed by atoms with Crippen LogP contribution in [-0.4, -0.2) is 12.7 Å². The largest absolute Gasteiger partial charge is 0.434 e. The molecule has 0 radical (unpaired) electrons. The fourth-order valence-corrected chi connectivity index (χ4v) is 3.30. The number of nitrogens with one attached hydrogen (secondary N) is 1. The van der Waals surface area contributed by atoms with Crippen molar-refractivity contribution in [1.82, 2.24) is 5.32 Å². The molecule has 1 aromatic rings. The molecular weight excluding hydrogens is 272 g/mol. The Labute approximate surface area is 125 Å². The van der Waals surface area contributed by atoms with E-state index >= 15 is 0 Å². The van der Waals surface area contributed by atoms with E-state index in [-0.39, 0.29) is 11.8 Å². The fraction of sp³-hybridized carbons (Fsp3) is 0.647. The number of alkyl halides is 2. The Morgan fingerprint density at radius 2 is 1.76 bits per heavy atom. The lowest BCUT2D eigenvalue weighted by Gasteiger charge is -2.31. The summed E-state index contributed by atoms with van der Waals surface area (Å²) in [6.07, 6.45) is 6.46. The first-order valence-corrected chi connectivity index (χ1v) is 7.87. The Kier molecular flexibility index (Phi) is 5.97. The molecule has 0 amide bonds. The molecule has 0 aliphatic heterocycles. The summed E-state index contributed by atoms with van der Waals surface area (Å²) in [7, 11) is 0. The predicted molar refractivity (Wildman–Crippen MR) is 80.7 cm³/mol. The molecule has 2 atom stereocenters. The Balaban J connectivity index is 2.00. The monoisotopic (exact) mass is 297 g/mol. The Morgan fingerprint density at radius 1 is 1.10 bits per heavy atom. The minimum absolute atomic E-state index is 0.00289. The Hall–Kier alpha value is -1.16. The van der Waals surface area contributed by atoms with Crippen LogP contribution in [0, 0.1) is 5.92 Å². The van der Waals surface area contributed by atoms with Gasteiger partial charge in [0.1, 0.15) is 5.75 Å². The first kappa shape index (κ1) is 16.2. The van der Waals surface area contributed by atoms with E-state index < -0.39 is 6.61 Å². The zero-order valence-corrected chi connectivity index (χ0v) is 12.8. The van der Waals surface area contributed by atoms with Gasteiger partial charge >= 0.3 is 6.61 Å². The minimum Gasteiger partial charge on any atom is -0.434 e. The first-order chi connectivity index (χ1) is 10.1. The topological polar surface area (TPSA) is 21.3 Å². The zero-order chi connectivity index (χ0) is 15.2. The number of para-hydroxylation sites is 1. The van der Waals surface area contributed by atoms with Crippen molar-refractivity contribution in [3.8, 4) is 5.75 Å². The second kappa shape index (κ2) is 7.74. The lowest BCUT2D eigenvalue weighted by atomic mass is 9.84. The molecule has 2 rings (SSSR count). The summed E-state index contributed by atoms with van der Waals surface area (Å²) in [6.45, 7) is 1.42. The van der Waals surface area contributed by atoms with Crippen LogP contribution in [0.5, 0.6) is 5.75 Å². The average molecular weight is 297 g/mol. The molecule has 2 unspecified atom stereocenters. The Bertz CT molecular complexity index is 433. The van der Waals surface area contributed by atoms with Gasteiger partial charge in [0.05, 0.1) is 0 Å². The summed E-state index contributed by atoms with van der Waals surface area (Å²) >= 11 is 0. The molecule has 1 saturated carbocycles. The maximum absolute atomic E-state index is 12.5. The number of halogens is 2. The molecule has 0 aromatic heterocycles. The highest BCUT2D eigenvalue weighted by Gasteiger charge is 2.23. The lowest BCUT2D eigenvalue weighted by molar-refractivity contribution is -0.0507. The molecule has 0 saturated heterocycles. The van der Waals surface area contributed by atoms with E-state index in [1.54, 1.807) is 12.1 Å². The molecule has 1 aliphatic rings. The SMILES string of the molecule is CC(NC(C)C1CCCCC1)c1ccccc1OC(F)F. The molecule has 1 fully saturated rings. The van der Waals surface area contributed by atoms with Crippen LogP contribution in [0.1, 0.15) is 57.6 Å². The second-order valence-electron chi connectivity index (χ2n) is 5.99. The summed E-state index contributed by atoms with van der Waals surface area (Å²) in [5.41, 5.74) is 0.792. The molecule has 0 bridgehead atoms. The predicted octanol–water partition coefficient (Wildman–Crippen LogP) is 4.91. The third-order valence-corrected chi connectivity index (χ3v) is 4.47. The van der Waals surface area contributed by atoms with Gasteiger partial charge in [-0.15, -0.1) is 0 Å². The van der Waals surface area contributed by atoms with Gasteiger partial charge in [0, 0.05) is 17.6 Å². The van der Waals surface area contributed by atoms with E-state index in [1.807, 2.05) is 19.1 Å². The van der Waals surface area contributed by atoms with Crippen LogP contribution < -0.4 is 10.1 Å². The van der Waals surface area contributed by atoms with Crippen molar-refractivity contribution in [1.29, 1.82) is 0 Å². The first-order valence-electron chi connectivity index (χ1n) is 7.87. The van der Waals surface area contributed by atoms with Crippen LogP contribution in [0.4, 0.5) is 8.78 Å². The van der Waals surface area contributed by atoms with Crippen LogP contribution >= 0.6 is 0 Å². The average Bonchev–Trinajstić information content (AvgIpc) is 2.48. The lowest BCUT2D eigenvalue weighted by Crippen LogP contribution is -2.36. The molecule has 21 heavy (non-hydrogen) atoms. The molecule has 1 aromatic carbocycles. The van der Waals surface area contributed by atoms with Crippen molar-refractivity contribution in [3.05, 3.63) is 29.8 Å². The Morgan fingerprint density at radius 3 is 2.43 bits per heavy atom. The molecule has 4 heteroatoms. The number of rotatable bonds is 6. The molecule has 2 nitrogen and oxygen atoms in total. The smallest absolute Gasteiger partial charge is 0.387 e. The number of ether oxygens (including phenoxy) is 1. The summed E-state index contributed by atoms with van der Waals surface area (Å²) in [4.78, 5) is 0. The van der Waals surface area contributed by atoms with Crippen molar-refractivity contribution >= 4 is 0 Å². The van der Waals surface area contributed by atoms with Crippen molar-refractivity contribution in [3.63, 3.8) is 0 Å². The number of hydrogen-bond acceptors (Lipinski definition) is 2. The second-order valence-corrected chi connectivity index (χ2v) is 5.99. The van der Waals surface area contributed by atoms with E-state index in [4.69, 9.17) is 0 Å². The highest BCUT2D eigenvalue weighted by Crippen LogP contribution is 2.30. The van der Waals surface area contributed by atoms with Crippen molar-refractivity contribution in [2.24, 2.45) is 5.92 Å². The van der Waals surface area contributed by atoms with Crippen molar-refractivity contribution in [2.45, 2.75) is 64.6 Å². The zero-order valence-electron chi connectivity index (χ0n) is 12.8. The third kappa shape index (κ3) is 4.67. The van der Waals surface area contributed by atoms with Crippen molar-refractivity contribution in [2.75, 3.05) is 0 Å². The summed E-state index contributed by atoms with van der Waals surface area (Å²) in [5, 5.41) is 3.55. The highest BCUT2D eigenvalue weighted by atomic mass is 19.3. The molecule has 0 spiro atoms. The van der Waals surface area contributed by atoms with Gasteiger partial charge in [-0.25, -0.2) is 0 Å². The summed E-state index contributed by atoms with van der Waals surface area (Å²) < 4.78 is 29.6. The van der Waals surface area contributed by atoms with Crippen LogP contribution in [0.2, 0.25) is 0 Å². The van der Waals surface area contributed by atoms with Gasteiger partial charge in [0.2, 0.25) is 0 Å². The normalized spacial score (nSPS) is 19.5. The quantitative estimate of drug-likeness (QED) is 0.805. The van der Waals surface area contributed by atoms with E-state index in [9.17, 15) is 8.78 Å². The van der Waals surface area contributed by atoms with Crippen molar-refractivity contribution < 1.29 is 13.5 Å². The van der Waals surface area contributed by atoms with Gasteiger partial charge in [-0.3, -0.25) is 0 Å². The van der Waals surface area contributed by atoms with Crippen LogP contribution in [0.15, 0.2) is 24.3 Å². The molecule has 0 heterocycles. The third-order valence-electron chi connectivity index (χ3n) is 4.47. The molecule has 1 N–H and O–H groups in total. The minimum atomic E-state index is -2.78. The van der Waals surface area contributed by atoms with E-state index in [0.717, 1.165) is 5.56 Å². The highest BCUT2D eigenvalue weighted by molar-refractivity contribution is 5.35. The van der Waals surface area contributed by atoms with Crippen LogP contribution in [0.3, 0.4) is 0 Å². The maximum Gasteiger partial charge on any atom is 0.387 e. The van der Waals surface area contributed by atoms with E-state index in [0.29, 0.717) is 12.0 Å². The van der Waals surface area contributed by atoms with Gasteiger partial charge in [0.15, 0.2) is 0 Å². The van der Waals surface area contributed by atoms with Gasteiger partial charge in [0.25, 0.3) is 0 Å². The summed E-state index contributed by atoms with van der Waals surface area (Å²) in [5.74, 6) is 0.952. The number of hydrogen-bond donors (Lipinski definition) is 1. The molecular formula is C17H25F2NO. The van der Waals surface area contributed by atoms with Crippen LogP contribution in [-0.2, 0) is 0 Å². The molecule has 118 valence electrons. The fourth-order valence-electron chi connectivity index (χ4n) is 3.30. The van der Waals surface area contributed by atoms with E-state index in [2.05, 4.69) is 17.0 Å². The van der Waals surface area contributed by atoms with Crippen LogP contribution in [0.25, 0.3) is 0 Å².